The van der Waals surface area contributed by atoms with Gasteiger partial charge in [-0.3, -0.25) is 0 Å². The summed E-state index contributed by atoms with van der Waals surface area (Å²) >= 11 is 1.13. The summed E-state index contributed by atoms with van der Waals surface area (Å²) in [5.74, 6) is -0.505. The first kappa shape index (κ1) is 14.5. The number of carboxylic acid groups (broad SMARTS) is 1. The molecule has 7 heteroatoms. The Morgan fingerprint density at radius 2 is 2.21 bits per heavy atom. The fraction of sp³-hybridized carbons (Fsp3) is 0.667. The number of aromatic carboxylic acids is 1. The van der Waals surface area contributed by atoms with Crippen LogP contribution < -0.4 is 0 Å². The molecule has 1 aliphatic rings. The summed E-state index contributed by atoms with van der Waals surface area (Å²) in [5, 5.41) is 9.85. The van der Waals surface area contributed by atoms with Crippen molar-refractivity contribution in [2.45, 2.75) is 32.6 Å². The first-order chi connectivity index (χ1) is 8.78. The maximum absolute atomic E-state index is 11.5. The van der Waals surface area contributed by atoms with E-state index in [4.69, 9.17) is 0 Å². The third kappa shape index (κ3) is 3.33. The Morgan fingerprint density at radius 1 is 1.53 bits per heavy atom. The second-order valence-electron chi connectivity index (χ2n) is 5.33. The Morgan fingerprint density at radius 3 is 2.68 bits per heavy atom. The van der Waals surface area contributed by atoms with Crippen molar-refractivity contribution >= 4 is 27.1 Å². The molecule has 2 rings (SSSR count). The summed E-state index contributed by atoms with van der Waals surface area (Å²) in [7, 11) is -2.97. The van der Waals surface area contributed by atoms with Crippen molar-refractivity contribution in [3.8, 4) is 0 Å². The number of rotatable bonds is 4. The molecule has 2 heterocycles. The Bertz CT molecular complexity index is 589. The number of carboxylic acids is 1. The zero-order chi connectivity index (χ0) is 14.2. The molecule has 0 radical (unpaired) electrons. The van der Waals surface area contributed by atoms with Crippen molar-refractivity contribution in [1.29, 1.82) is 0 Å². The van der Waals surface area contributed by atoms with Gasteiger partial charge in [-0.05, 0) is 18.8 Å². The van der Waals surface area contributed by atoms with Crippen LogP contribution in [0.5, 0.6) is 0 Å². The molecule has 106 valence electrons. The Kier molecular flexibility index (Phi) is 3.96. The molecule has 0 bridgehead atoms. The van der Waals surface area contributed by atoms with E-state index in [9.17, 15) is 18.3 Å². The van der Waals surface area contributed by atoms with Gasteiger partial charge in [0, 0.05) is 5.92 Å². The van der Waals surface area contributed by atoms with Gasteiger partial charge in [-0.15, -0.1) is 11.3 Å². The number of aromatic nitrogens is 1. The van der Waals surface area contributed by atoms with Gasteiger partial charge in [-0.1, -0.05) is 13.8 Å². The highest BCUT2D eigenvalue weighted by Crippen LogP contribution is 2.33. The molecule has 1 aliphatic heterocycles. The van der Waals surface area contributed by atoms with Gasteiger partial charge in [0.15, 0.2) is 9.84 Å². The predicted molar refractivity (Wildman–Crippen MR) is 73.6 cm³/mol. The fourth-order valence-corrected chi connectivity index (χ4v) is 5.15. The van der Waals surface area contributed by atoms with Crippen LogP contribution >= 0.6 is 11.3 Å². The lowest BCUT2D eigenvalue weighted by Gasteiger charge is -2.03. The number of carbonyl (C=O) groups is 1. The van der Waals surface area contributed by atoms with E-state index in [1.165, 1.54) is 0 Å². The van der Waals surface area contributed by atoms with E-state index in [-0.39, 0.29) is 22.3 Å². The van der Waals surface area contributed by atoms with E-state index in [0.29, 0.717) is 29.5 Å². The molecule has 1 fully saturated rings. The van der Waals surface area contributed by atoms with Gasteiger partial charge in [0.05, 0.1) is 22.2 Å². The van der Waals surface area contributed by atoms with Crippen molar-refractivity contribution < 1.29 is 18.3 Å². The molecule has 0 saturated carbocycles. The zero-order valence-electron chi connectivity index (χ0n) is 10.9. The van der Waals surface area contributed by atoms with Crippen LogP contribution in [0, 0.1) is 5.92 Å². The summed E-state index contributed by atoms with van der Waals surface area (Å²) in [6, 6.07) is 0. The number of sulfone groups is 1. The number of thiazole rings is 1. The third-order valence-corrected chi connectivity index (χ3v) is 6.11. The molecular weight excluding hydrogens is 286 g/mol. The Balaban J connectivity index is 2.30. The van der Waals surface area contributed by atoms with Crippen LogP contribution in [-0.2, 0) is 16.3 Å². The van der Waals surface area contributed by atoms with Crippen LogP contribution in [0.1, 0.15) is 46.6 Å². The molecule has 0 aromatic carbocycles. The average molecular weight is 303 g/mol. The summed E-state index contributed by atoms with van der Waals surface area (Å²) in [6.07, 6.45) is 1.16. The molecule has 0 amide bonds. The van der Waals surface area contributed by atoms with Crippen molar-refractivity contribution in [1.82, 2.24) is 4.98 Å². The van der Waals surface area contributed by atoms with Crippen molar-refractivity contribution in [2.24, 2.45) is 5.92 Å². The Hall–Kier alpha value is -0.950. The predicted octanol–water partition coefficient (Wildman–Crippen LogP) is 1.94. The van der Waals surface area contributed by atoms with Crippen LogP contribution in [0.4, 0.5) is 0 Å². The average Bonchev–Trinajstić information content (AvgIpc) is 2.81. The van der Waals surface area contributed by atoms with Gasteiger partial charge in [0.1, 0.15) is 4.88 Å². The second kappa shape index (κ2) is 5.20. The standard InChI is InChI=1S/C12H17NO4S2/c1-7(2)5-9-10(12(14)15)18-11(13-9)8-3-4-19(16,17)6-8/h7-8H,3-6H2,1-2H3,(H,14,15). The second-order valence-corrected chi connectivity index (χ2v) is 8.59. The van der Waals surface area contributed by atoms with Gasteiger partial charge in [-0.25, -0.2) is 18.2 Å². The van der Waals surface area contributed by atoms with Crippen LogP contribution in [0.2, 0.25) is 0 Å². The van der Waals surface area contributed by atoms with Crippen LogP contribution in [0.3, 0.4) is 0 Å². The van der Waals surface area contributed by atoms with Gasteiger partial charge in [-0.2, -0.15) is 0 Å². The van der Waals surface area contributed by atoms with Gasteiger partial charge in [0.2, 0.25) is 0 Å². The lowest BCUT2D eigenvalue weighted by Crippen LogP contribution is -2.04. The minimum Gasteiger partial charge on any atom is -0.477 e. The monoisotopic (exact) mass is 303 g/mol. The van der Waals surface area contributed by atoms with E-state index < -0.39 is 15.8 Å². The highest BCUT2D eigenvalue weighted by atomic mass is 32.2. The van der Waals surface area contributed by atoms with Crippen LogP contribution in [0.15, 0.2) is 0 Å². The maximum Gasteiger partial charge on any atom is 0.347 e. The first-order valence-electron chi connectivity index (χ1n) is 6.22. The lowest BCUT2D eigenvalue weighted by atomic mass is 10.1. The summed E-state index contributed by atoms with van der Waals surface area (Å²) in [4.78, 5) is 15.9. The molecule has 1 atom stereocenters. The van der Waals surface area contributed by atoms with Gasteiger partial charge in [0.25, 0.3) is 0 Å². The molecular formula is C12H17NO4S2. The molecule has 1 unspecified atom stereocenters. The summed E-state index contributed by atoms with van der Waals surface area (Å²) < 4.78 is 23.0. The van der Waals surface area contributed by atoms with Gasteiger partial charge >= 0.3 is 5.97 Å². The molecule has 1 saturated heterocycles. The van der Waals surface area contributed by atoms with E-state index in [0.717, 1.165) is 11.3 Å². The quantitative estimate of drug-likeness (QED) is 0.919. The molecule has 0 spiro atoms. The normalized spacial score (nSPS) is 21.9. The van der Waals surface area contributed by atoms with E-state index in [2.05, 4.69) is 4.98 Å². The van der Waals surface area contributed by atoms with Crippen molar-refractivity contribution in [3.63, 3.8) is 0 Å². The molecule has 19 heavy (non-hydrogen) atoms. The van der Waals surface area contributed by atoms with E-state index in [1.807, 2.05) is 13.8 Å². The fourth-order valence-electron chi connectivity index (χ4n) is 2.23. The molecule has 5 nitrogen and oxygen atoms in total. The Labute approximate surface area is 116 Å². The largest absolute Gasteiger partial charge is 0.477 e. The zero-order valence-corrected chi connectivity index (χ0v) is 12.6. The molecule has 1 aromatic rings. The highest BCUT2D eigenvalue weighted by Gasteiger charge is 2.32. The minimum atomic E-state index is -2.97. The summed E-state index contributed by atoms with van der Waals surface area (Å²) in [6.45, 7) is 4.01. The SMILES string of the molecule is CC(C)Cc1nc(C2CCS(=O)(=O)C2)sc1C(=O)O. The number of hydrogen-bond acceptors (Lipinski definition) is 5. The van der Waals surface area contributed by atoms with Crippen molar-refractivity contribution in [2.75, 3.05) is 11.5 Å². The summed E-state index contributed by atoms with van der Waals surface area (Å²) in [5.41, 5.74) is 0.590. The van der Waals surface area contributed by atoms with Crippen molar-refractivity contribution in [3.05, 3.63) is 15.6 Å². The smallest absolute Gasteiger partial charge is 0.347 e. The highest BCUT2D eigenvalue weighted by molar-refractivity contribution is 7.91. The minimum absolute atomic E-state index is 0.0979. The van der Waals surface area contributed by atoms with Crippen LogP contribution in [-0.4, -0.2) is 36.0 Å². The van der Waals surface area contributed by atoms with Gasteiger partial charge < -0.3 is 5.11 Å². The van der Waals surface area contributed by atoms with E-state index in [1.54, 1.807) is 0 Å². The number of hydrogen-bond donors (Lipinski definition) is 1. The van der Waals surface area contributed by atoms with E-state index >= 15 is 0 Å². The number of nitrogens with zero attached hydrogens (tertiary/aromatic N) is 1. The maximum atomic E-state index is 11.5. The lowest BCUT2D eigenvalue weighted by molar-refractivity contribution is 0.0700. The topological polar surface area (TPSA) is 84.3 Å². The molecule has 1 N–H and O–H groups in total. The molecule has 1 aromatic heterocycles. The van der Waals surface area contributed by atoms with Crippen LogP contribution in [0.25, 0.3) is 0 Å². The molecule has 0 aliphatic carbocycles. The first-order valence-corrected chi connectivity index (χ1v) is 8.85. The third-order valence-electron chi connectivity index (χ3n) is 3.09.